The molecule has 2 unspecified atom stereocenters. The van der Waals surface area contributed by atoms with Gasteiger partial charge in [0.05, 0.1) is 22.8 Å². The Bertz CT molecular complexity index is 1440. The molecule has 0 saturated carbocycles. The molecule has 0 aliphatic heterocycles. The van der Waals surface area contributed by atoms with E-state index < -0.39 is 6.10 Å². The van der Waals surface area contributed by atoms with E-state index >= 15 is 0 Å². The number of nitrogens with two attached hydrogens (primary N) is 1. The molecule has 0 fully saturated rings. The fourth-order valence-electron chi connectivity index (χ4n) is 4.68. The van der Waals surface area contributed by atoms with E-state index in [1.165, 1.54) is 12.1 Å². The summed E-state index contributed by atoms with van der Waals surface area (Å²) in [5, 5.41) is 7.71. The topological polar surface area (TPSA) is 134 Å². The number of rotatable bonds is 13. The second-order valence-corrected chi connectivity index (χ2v) is 10.2. The smallest absolute Gasteiger partial charge is 0.152 e. The number of hydrogen-bond acceptors (Lipinski definition) is 7. The number of hydrogen-bond donors (Lipinski definition) is 3. The molecule has 2 aromatic carbocycles. The molecule has 9 nitrogen and oxygen atoms in total. The number of aldehydes is 2. The van der Waals surface area contributed by atoms with Gasteiger partial charge in [0.25, 0.3) is 0 Å². The summed E-state index contributed by atoms with van der Waals surface area (Å²) in [6.07, 6.45) is 11.6. The van der Waals surface area contributed by atoms with Crippen LogP contribution in [0.25, 0.3) is 11.0 Å². The van der Waals surface area contributed by atoms with E-state index in [0.717, 1.165) is 50.3 Å². The number of H-pyrrole nitrogens is 1. The highest BCUT2D eigenvalue weighted by Gasteiger charge is 2.19. The van der Waals surface area contributed by atoms with E-state index in [1.54, 1.807) is 12.1 Å². The molecule has 2 atom stereocenters. The third-order valence-corrected chi connectivity index (χ3v) is 7.29. The number of nitrogens with zero attached hydrogens (tertiary/aromatic N) is 3. The van der Waals surface area contributed by atoms with E-state index in [9.17, 15) is 14.0 Å². The lowest BCUT2D eigenvalue weighted by Crippen LogP contribution is -2.36. The first-order valence-electron chi connectivity index (χ1n) is 13.7. The molecule has 1 aromatic heterocycles. The standard InChI is InChI=1S/C30H33ClFN5O3.CH4O/c1-37(24-12-9-22(31)10-13-24)29(5-3-2-4-16-38)34-26-17-20(6-8-21(26)19-39)7-15-28(40-33)30-35-25-14-11-23(32)18-27(25)36-30;1-2/h6,8-12,14,16-19,24,28H,2-5,7,13,15,33H2,1H3,(H,35,36);2H,1H3. The second-order valence-electron chi connectivity index (χ2n) is 9.76. The van der Waals surface area contributed by atoms with Crippen molar-refractivity contribution in [2.75, 3.05) is 14.2 Å². The SMILES string of the molecule is CN(C(CCCCC=O)=Nc1cc(CCC(ON)c2nc3ccc(F)cc3[nH]2)ccc1C=O)C1C=CC(Cl)=CC1.CO. The lowest BCUT2D eigenvalue weighted by molar-refractivity contribution is -0.107. The zero-order valence-electron chi connectivity index (χ0n) is 23.8. The molecule has 224 valence electrons. The minimum absolute atomic E-state index is 0.0786. The monoisotopic (exact) mass is 597 g/mol. The van der Waals surface area contributed by atoms with Crippen LogP contribution >= 0.6 is 11.6 Å². The summed E-state index contributed by atoms with van der Waals surface area (Å²) in [6.45, 7) is 0. The molecule has 1 heterocycles. The quantitative estimate of drug-likeness (QED) is 0.0738. The van der Waals surface area contributed by atoms with E-state index in [2.05, 4.69) is 14.9 Å². The largest absolute Gasteiger partial charge is 0.400 e. The number of nitrogens with one attached hydrogen (secondary N) is 1. The van der Waals surface area contributed by atoms with Crippen molar-refractivity contribution in [3.05, 3.63) is 82.4 Å². The number of carbonyl (C=O) groups is 2. The van der Waals surface area contributed by atoms with Crippen LogP contribution in [-0.2, 0) is 16.1 Å². The lowest BCUT2D eigenvalue weighted by Gasteiger charge is -2.30. The number of aliphatic hydroxyl groups excluding tert-OH is 1. The van der Waals surface area contributed by atoms with Crippen LogP contribution < -0.4 is 5.90 Å². The molecule has 4 rings (SSSR count). The summed E-state index contributed by atoms with van der Waals surface area (Å²) in [6, 6.07) is 9.95. The molecule has 4 N–H and O–H groups in total. The number of fused-ring (bicyclic) bond motifs is 1. The number of unbranched alkanes of at least 4 members (excludes halogenated alkanes) is 2. The zero-order chi connectivity index (χ0) is 30.5. The molecule has 0 bridgehead atoms. The molecular weight excluding hydrogens is 561 g/mol. The van der Waals surface area contributed by atoms with Crippen molar-refractivity contribution in [2.45, 2.75) is 57.1 Å². The highest BCUT2D eigenvalue weighted by Crippen LogP contribution is 2.27. The first-order valence-corrected chi connectivity index (χ1v) is 14.1. The Balaban J connectivity index is 0.00000237. The number of benzene rings is 2. The normalized spacial score (nSPS) is 15.5. The number of likely N-dealkylation sites (N-methyl/N-ethyl adjacent to an activating group) is 1. The Morgan fingerprint density at radius 2 is 2.10 bits per heavy atom. The van der Waals surface area contributed by atoms with Crippen LogP contribution in [0.5, 0.6) is 0 Å². The van der Waals surface area contributed by atoms with Crippen LogP contribution in [0.2, 0.25) is 0 Å². The fraction of sp³-hybridized carbons (Fsp3) is 0.355. The summed E-state index contributed by atoms with van der Waals surface area (Å²) in [4.78, 5) is 42.5. The Kier molecular flexibility index (Phi) is 13.0. The summed E-state index contributed by atoms with van der Waals surface area (Å²) in [5.74, 6) is 6.58. The molecule has 42 heavy (non-hydrogen) atoms. The van der Waals surface area contributed by atoms with Gasteiger partial charge in [0, 0.05) is 37.6 Å². The van der Waals surface area contributed by atoms with Crippen molar-refractivity contribution in [1.29, 1.82) is 0 Å². The lowest BCUT2D eigenvalue weighted by atomic mass is 10.0. The minimum Gasteiger partial charge on any atom is -0.400 e. The highest BCUT2D eigenvalue weighted by molar-refractivity contribution is 6.31. The molecule has 1 aliphatic carbocycles. The van der Waals surface area contributed by atoms with Crippen LogP contribution in [0.3, 0.4) is 0 Å². The van der Waals surface area contributed by atoms with E-state index in [4.69, 9.17) is 32.4 Å². The number of allylic oxidation sites excluding steroid dienone is 2. The zero-order valence-corrected chi connectivity index (χ0v) is 24.6. The predicted octanol–water partition coefficient (Wildman–Crippen LogP) is 5.86. The van der Waals surface area contributed by atoms with Gasteiger partial charge in [0.2, 0.25) is 0 Å². The Morgan fingerprint density at radius 1 is 1.29 bits per heavy atom. The van der Waals surface area contributed by atoms with Crippen molar-refractivity contribution < 1.29 is 23.9 Å². The van der Waals surface area contributed by atoms with Gasteiger partial charge in [0.15, 0.2) is 6.29 Å². The molecule has 1 aliphatic rings. The molecule has 0 radical (unpaired) electrons. The third kappa shape index (κ3) is 8.90. The van der Waals surface area contributed by atoms with E-state index in [0.29, 0.717) is 58.8 Å². The van der Waals surface area contributed by atoms with Gasteiger partial charge >= 0.3 is 0 Å². The van der Waals surface area contributed by atoms with Crippen molar-refractivity contribution in [1.82, 2.24) is 14.9 Å². The molecule has 0 saturated heterocycles. The maximum absolute atomic E-state index is 13.6. The van der Waals surface area contributed by atoms with Crippen molar-refractivity contribution in [2.24, 2.45) is 10.9 Å². The van der Waals surface area contributed by atoms with E-state index in [1.807, 2.05) is 37.4 Å². The van der Waals surface area contributed by atoms with Gasteiger partial charge in [0.1, 0.15) is 29.9 Å². The molecular formula is C31H37ClFN5O4. The number of carbonyl (C=O) groups excluding carboxylic acids is 2. The van der Waals surface area contributed by atoms with Gasteiger partial charge in [-0.25, -0.2) is 20.3 Å². The number of aryl methyl sites for hydroxylation is 1. The van der Waals surface area contributed by atoms with Gasteiger partial charge in [-0.3, -0.25) is 9.63 Å². The van der Waals surface area contributed by atoms with Crippen molar-refractivity contribution in [3.63, 3.8) is 0 Å². The Labute approximate surface area is 249 Å². The van der Waals surface area contributed by atoms with Crippen LogP contribution in [0.1, 0.15) is 66.4 Å². The van der Waals surface area contributed by atoms with Gasteiger partial charge in [-0.1, -0.05) is 29.8 Å². The maximum atomic E-state index is 13.6. The summed E-state index contributed by atoms with van der Waals surface area (Å²) >= 11 is 6.12. The average Bonchev–Trinajstić information content (AvgIpc) is 3.43. The minimum atomic E-state index is -0.536. The Morgan fingerprint density at radius 3 is 2.79 bits per heavy atom. The molecule has 3 aromatic rings. The highest BCUT2D eigenvalue weighted by atomic mass is 35.5. The predicted molar refractivity (Wildman–Crippen MR) is 163 cm³/mol. The molecule has 11 heteroatoms. The molecule has 0 spiro atoms. The summed E-state index contributed by atoms with van der Waals surface area (Å²) in [5.41, 5.74) is 3.20. The van der Waals surface area contributed by atoms with Gasteiger partial charge in [-0.15, -0.1) is 0 Å². The van der Waals surface area contributed by atoms with Crippen LogP contribution in [0.4, 0.5) is 10.1 Å². The van der Waals surface area contributed by atoms with Crippen LogP contribution in [0.15, 0.2) is 64.7 Å². The number of aromatic amines is 1. The average molecular weight is 598 g/mol. The number of amidine groups is 1. The first kappa shape index (κ1) is 32.8. The molecule has 0 amide bonds. The van der Waals surface area contributed by atoms with Gasteiger partial charge in [-0.05, 0) is 74.1 Å². The maximum Gasteiger partial charge on any atom is 0.152 e. The van der Waals surface area contributed by atoms with Crippen LogP contribution in [-0.4, -0.2) is 58.6 Å². The number of aromatic nitrogens is 2. The second kappa shape index (κ2) is 16.7. The Hall–Kier alpha value is -3.70. The summed E-state index contributed by atoms with van der Waals surface area (Å²) < 4.78 is 13.6. The van der Waals surface area contributed by atoms with Gasteiger partial charge in [-0.2, -0.15) is 0 Å². The summed E-state index contributed by atoms with van der Waals surface area (Å²) in [7, 11) is 2.98. The van der Waals surface area contributed by atoms with Crippen molar-refractivity contribution in [3.8, 4) is 0 Å². The van der Waals surface area contributed by atoms with Gasteiger partial charge < -0.3 is 19.8 Å². The third-order valence-electron chi connectivity index (χ3n) is 7.01. The van der Waals surface area contributed by atoms with E-state index in [-0.39, 0.29) is 11.9 Å². The first-order chi connectivity index (χ1) is 20.4. The van der Waals surface area contributed by atoms with Crippen LogP contribution in [0, 0.1) is 5.82 Å². The number of imidazole rings is 1. The number of aliphatic imine (C=N–C) groups is 1. The van der Waals surface area contributed by atoms with Crippen molar-refractivity contribution >= 4 is 46.7 Å². The fourth-order valence-corrected chi connectivity index (χ4v) is 4.85. The number of halogens is 2. The number of aliphatic hydroxyl groups is 1.